The van der Waals surface area contributed by atoms with Gasteiger partial charge >= 0.3 is 0 Å². The minimum atomic E-state index is -0.938. The van der Waals surface area contributed by atoms with E-state index in [-0.39, 0.29) is 12.2 Å². The highest BCUT2D eigenvalue weighted by atomic mass is 16.3. The lowest BCUT2D eigenvalue weighted by molar-refractivity contribution is -0.0160. The van der Waals surface area contributed by atoms with Crippen molar-refractivity contribution in [3.05, 3.63) is 71.8 Å². The third-order valence-corrected chi connectivity index (χ3v) is 5.09. The zero-order valence-electron chi connectivity index (χ0n) is 13.0. The van der Waals surface area contributed by atoms with Crippen molar-refractivity contribution in [2.75, 3.05) is 13.1 Å². The quantitative estimate of drug-likeness (QED) is 0.941. The Bertz CT molecular complexity index is 633. The van der Waals surface area contributed by atoms with E-state index in [1.165, 1.54) is 0 Å². The Kier molecular flexibility index (Phi) is 3.71. The van der Waals surface area contributed by atoms with Crippen molar-refractivity contribution in [2.45, 2.75) is 24.7 Å². The second-order valence-electron chi connectivity index (χ2n) is 6.39. The topological polar surface area (TPSA) is 48.2 Å². The number of hydrogen-bond donors (Lipinski definition) is 1. The molecule has 4 nitrogen and oxygen atoms in total. The summed E-state index contributed by atoms with van der Waals surface area (Å²) < 4.78 is 0. The molecule has 1 fully saturated rings. The molecule has 1 N–H and O–H groups in total. The number of aliphatic hydroxyl groups is 1. The second-order valence-corrected chi connectivity index (χ2v) is 6.39. The van der Waals surface area contributed by atoms with Crippen LogP contribution in [-0.4, -0.2) is 29.4 Å². The molecule has 2 aliphatic rings. The summed E-state index contributed by atoms with van der Waals surface area (Å²) in [5.41, 5.74) is 1.02. The minimum absolute atomic E-state index is 0.0810. The molecule has 23 heavy (non-hydrogen) atoms. The van der Waals surface area contributed by atoms with Gasteiger partial charge < -0.3 is 5.11 Å². The Hall–Kier alpha value is -2.04. The Labute approximate surface area is 136 Å². The number of rotatable bonds is 4. The molecular weight excluding hydrogens is 286 g/mol. The average Bonchev–Trinajstić information content (AvgIpc) is 3.48. The standard InChI is InChI=1S/C19H21N3O/c23-19(15-7-3-1-4-8-15,16-9-5-2-6-10-16)17-11-13-22(14-12-17)18-20-21-18/h1-10,17-18,23H,11-14H2. The molecule has 2 aromatic rings. The van der Waals surface area contributed by atoms with Gasteiger partial charge in [-0.2, -0.15) is 0 Å². The fourth-order valence-corrected chi connectivity index (χ4v) is 3.75. The van der Waals surface area contributed by atoms with E-state index in [0.29, 0.717) is 0 Å². The molecule has 0 amide bonds. The lowest BCUT2D eigenvalue weighted by Crippen LogP contribution is -2.45. The number of nitrogens with zero attached hydrogens (tertiary/aromatic N) is 3. The molecule has 0 atom stereocenters. The smallest absolute Gasteiger partial charge is 0.235 e. The third kappa shape index (κ3) is 2.69. The largest absolute Gasteiger partial charge is 0.380 e. The summed E-state index contributed by atoms with van der Waals surface area (Å²) in [5.74, 6) is 0.197. The van der Waals surface area contributed by atoms with E-state index in [4.69, 9.17) is 0 Å². The van der Waals surface area contributed by atoms with Crippen molar-refractivity contribution in [2.24, 2.45) is 16.1 Å². The summed E-state index contributed by atoms with van der Waals surface area (Å²) in [5, 5.41) is 19.8. The van der Waals surface area contributed by atoms with Crippen LogP contribution >= 0.6 is 0 Å². The van der Waals surface area contributed by atoms with Crippen LogP contribution in [0.15, 0.2) is 70.9 Å². The molecule has 0 radical (unpaired) electrons. The maximum atomic E-state index is 11.8. The first-order chi connectivity index (χ1) is 11.3. The van der Waals surface area contributed by atoms with Crippen LogP contribution in [0.5, 0.6) is 0 Å². The van der Waals surface area contributed by atoms with Gasteiger partial charge in [0.15, 0.2) is 0 Å². The van der Waals surface area contributed by atoms with Crippen LogP contribution in [0.3, 0.4) is 0 Å². The van der Waals surface area contributed by atoms with Gasteiger partial charge in [-0.3, -0.25) is 4.90 Å². The maximum absolute atomic E-state index is 11.8. The monoisotopic (exact) mass is 307 g/mol. The van der Waals surface area contributed by atoms with Gasteiger partial charge in [0, 0.05) is 13.1 Å². The van der Waals surface area contributed by atoms with Gasteiger partial charge in [-0.1, -0.05) is 60.7 Å². The Morgan fingerprint density at radius 2 is 1.30 bits per heavy atom. The first kappa shape index (κ1) is 14.5. The predicted octanol–water partition coefficient (Wildman–Crippen LogP) is 3.38. The van der Waals surface area contributed by atoms with Gasteiger partial charge in [0.05, 0.1) is 0 Å². The van der Waals surface area contributed by atoms with E-state index in [1.54, 1.807) is 0 Å². The number of hydrogen-bond acceptors (Lipinski definition) is 4. The van der Waals surface area contributed by atoms with E-state index in [2.05, 4.69) is 15.1 Å². The fourth-order valence-electron chi connectivity index (χ4n) is 3.75. The molecule has 4 rings (SSSR count). The number of piperidine rings is 1. The molecule has 4 heteroatoms. The van der Waals surface area contributed by atoms with Gasteiger partial charge in [0.25, 0.3) is 0 Å². The summed E-state index contributed by atoms with van der Waals surface area (Å²) in [4.78, 5) is 2.28. The van der Waals surface area contributed by atoms with Crippen molar-refractivity contribution in [3.8, 4) is 0 Å². The molecule has 2 aromatic carbocycles. The predicted molar refractivity (Wildman–Crippen MR) is 88.8 cm³/mol. The summed E-state index contributed by atoms with van der Waals surface area (Å²) >= 11 is 0. The van der Waals surface area contributed by atoms with Crippen molar-refractivity contribution in [3.63, 3.8) is 0 Å². The zero-order valence-corrected chi connectivity index (χ0v) is 13.0. The average molecular weight is 307 g/mol. The third-order valence-electron chi connectivity index (χ3n) is 5.09. The lowest BCUT2D eigenvalue weighted by atomic mass is 9.72. The molecular formula is C19H21N3O. The van der Waals surface area contributed by atoms with E-state index in [9.17, 15) is 5.11 Å². The number of likely N-dealkylation sites (tertiary alicyclic amines) is 1. The highest BCUT2D eigenvalue weighted by Gasteiger charge is 2.42. The summed E-state index contributed by atoms with van der Waals surface area (Å²) in [6, 6.07) is 20.1. The van der Waals surface area contributed by atoms with Crippen LogP contribution in [0, 0.1) is 5.92 Å². The molecule has 0 saturated carbocycles. The van der Waals surface area contributed by atoms with Crippen molar-refractivity contribution in [1.82, 2.24) is 4.90 Å². The summed E-state index contributed by atoms with van der Waals surface area (Å²) in [7, 11) is 0. The maximum Gasteiger partial charge on any atom is 0.235 e. The fraction of sp³-hybridized carbons (Fsp3) is 0.368. The molecule has 2 aliphatic heterocycles. The molecule has 118 valence electrons. The molecule has 0 bridgehead atoms. The van der Waals surface area contributed by atoms with Gasteiger partial charge in [-0.05, 0) is 29.9 Å². The highest BCUT2D eigenvalue weighted by Crippen LogP contribution is 2.42. The SMILES string of the molecule is OC(c1ccccc1)(c1ccccc1)C1CCN(C2N=N2)CC1. The first-order valence-electron chi connectivity index (χ1n) is 8.26. The molecule has 0 aromatic heterocycles. The number of benzene rings is 2. The second kappa shape index (κ2) is 5.87. The Morgan fingerprint density at radius 3 is 1.74 bits per heavy atom. The van der Waals surface area contributed by atoms with Crippen LogP contribution in [0.4, 0.5) is 0 Å². The van der Waals surface area contributed by atoms with Crippen molar-refractivity contribution < 1.29 is 5.11 Å². The van der Waals surface area contributed by atoms with E-state index in [1.807, 2.05) is 60.7 Å². The summed E-state index contributed by atoms with van der Waals surface area (Å²) in [6.07, 6.45) is 1.97. The molecule has 0 unspecified atom stereocenters. The minimum Gasteiger partial charge on any atom is -0.380 e. The highest BCUT2D eigenvalue weighted by molar-refractivity contribution is 5.37. The van der Waals surface area contributed by atoms with Crippen LogP contribution < -0.4 is 0 Å². The van der Waals surface area contributed by atoms with E-state index in [0.717, 1.165) is 37.1 Å². The molecule has 0 aliphatic carbocycles. The van der Waals surface area contributed by atoms with Crippen LogP contribution in [0.2, 0.25) is 0 Å². The van der Waals surface area contributed by atoms with E-state index >= 15 is 0 Å². The van der Waals surface area contributed by atoms with E-state index < -0.39 is 5.60 Å². The van der Waals surface area contributed by atoms with Gasteiger partial charge in [-0.25, -0.2) is 0 Å². The van der Waals surface area contributed by atoms with Crippen LogP contribution in [0.1, 0.15) is 24.0 Å². The Morgan fingerprint density at radius 1 is 0.826 bits per heavy atom. The van der Waals surface area contributed by atoms with Crippen molar-refractivity contribution in [1.29, 1.82) is 0 Å². The zero-order chi connectivity index (χ0) is 15.7. The van der Waals surface area contributed by atoms with Crippen molar-refractivity contribution >= 4 is 0 Å². The lowest BCUT2D eigenvalue weighted by Gasteiger charge is -2.41. The first-order valence-corrected chi connectivity index (χ1v) is 8.26. The van der Waals surface area contributed by atoms with Gasteiger partial charge in [0.2, 0.25) is 6.29 Å². The molecule has 0 spiro atoms. The molecule has 1 saturated heterocycles. The van der Waals surface area contributed by atoms with Gasteiger partial charge in [-0.15, -0.1) is 10.2 Å². The molecule has 2 heterocycles. The Balaban J connectivity index is 1.66. The van der Waals surface area contributed by atoms with Crippen LogP contribution in [0.25, 0.3) is 0 Å². The summed E-state index contributed by atoms with van der Waals surface area (Å²) in [6.45, 7) is 1.87. The normalized spacial score (nSPS) is 19.9. The van der Waals surface area contributed by atoms with Gasteiger partial charge in [0.1, 0.15) is 5.60 Å². The van der Waals surface area contributed by atoms with Crippen LogP contribution in [-0.2, 0) is 5.60 Å².